The molecule has 0 aliphatic heterocycles. The van der Waals surface area contributed by atoms with Crippen LogP contribution in [0.5, 0.6) is 0 Å². The minimum absolute atomic E-state index is 0.913. The van der Waals surface area contributed by atoms with Crippen LogP contribution in [0.4, 0.5) is 0 Å². The summed E-state index contributed by atoms with van der Waals surface area (Å²) in [6.07, 6.45) is 0. The van der Waals surface area contributed by atoms with Gasteiger partial charge in [-0.3, -0.25) is 9.13 Å². The fraction of sp³-hybridized carbons (Fsp3) is 0. The lowest BCUT2D eigenvalue weighted by molar-refractivity contribution is 1.10. The van der Waals surface area contributed by atoms with Crippen molar-refractivity contribution in [1.82, 2.24) is 19.1 Å². The van der Waals surface area contributed by atoms with Crippen molar-refractivity contribution in [2.45, 2.75) is 0 Å². The van der Waals surface area contributed by atoms with Crippen LogP contribution < -0.4 is 0 Å². The highest BCUT2D eigenvalue weighted by Gasteiger charge is 2.24. The van der Waals surface area contributed by atoms with E-state index < -0.39 is 0 Å². The molecule has 0 bridgehead atoms. The summed E-state index contributed by atoms with van der Waals surface area (Å²) >= 11 is 0. The summed E-state index contributed by atoms with van der Waals surface area (Å²) in [6, 6.07) is 131. The predicted molar refractivity (Wildman–Crippen MR) is 403 cm³/mol. The van der Waals surface area contributed by atoms with Crippen molar-refractivity contribution in [1.29, 1.82) is 0 Å². The molecular formula is C92H60N4. The van der Waals surface area contributed by atoms with E-state index in [1.165, 1.54) is 99.1 Å². The van der Waals surface area contributed by atoms with Gasteiger partial charge in [-0.25, -0.2) is 9.97 Å². The molecular weight excluding hydrogens is 1160 g/mol. The lowest BCUT2D eigenvalue weighted by Gasteiger charge is -2.15. The average Bonchev–Trinajstić information content (AvgIpc) is 1.58. The van der Waals surface area contributed by atoms with Crippen molar-refractivity contribution in [3.05, 3.63) is 364 Å². The predicted octanol–water partition coefficient (Wildman–Crippen LogP) is 24.5. The molecule has 4 heteroatoms. The third-order valence-corrected chi connectivity index (χ3v) is 19.2. The smallest absolute Gasteiger partial charge is 0.145 e. The number of hydrogen-bond donors (Lipinski definition) is 0. The van der Waals surface area contributed by atoms with Crippen LogP contribution in [0.3, 0.4) is 0 Å². The van der Waals surface area contributed by atoms with Gasteiger partial charge in [-0.1, -0.05) is 303 Å². The first-order valence-electron chi connectivity index (χ1n) is 32.9. The molecule has 0 spiro atoms. The van der Waals surface area contributed by atoms with Gasteiger partial charge in [-0.15, -0.1) is 0 Å². The summed E-state index contributed by atoms with van der Waals surface area (Å²) in [5, 5.41) is 7.75. The molecule has 0 saturated heterocycles. The zero-order valence-electron chi connectivity index (χ0n) is 52.4. The van der Waals surface area contributed by atoms with E-state index in [-0.39, 0.29) is 0 Å². The lowest BCUT2D eigenvalue weighted by atomic mass is 9.92. The molecule has 0 radical (unpaired) electrons. The van der Waals surface area contributed by atoms with Crippen LogP contribution in [0.1, 0.15) is 0 Å². The largest absolute Gasteiger partial charge is 0.292 e. The maximum atomic E-state index is 5.17. The lowest BCUT2D eigenvalue weighted by Crippen LogP contribution is -2.00. The number of rotatable bonds is 10. The Morgan fingerprint density at radius 1 is 0.188 bits per heavy atom. The summed E-state index contributed by atoms with van der Waals surface area (Å²) in [5.41, 5.74) is 28.2. The normalized spacial score (nSPS) is 11.5. The van der Waals surface area contributed by atoms with Crippen molar-refractivity contribution in [3.8, 4) is 123 Å². The monoisotopic (exact) mass is 1220 g/mol. The zero-order chi connectivity index (χ0) is 63.5. The molecule has 2 aromatic heterocycles. The summed E-state index contributed by atoms with van der Waals surface area (Å²) in [4.78, 5) is 10.3. The molecule has 1 aliphatic rings. The molecule has 0 amide bonds. The van der Waals surface area contributed by atoms with Crippen LogP contribution in [-0.4, -0.2) is 19.1 Å². The summed E-state index contributed by atoms with van der Waals surface area (Å²) in [6.45, 7) is 0. The van der Waals surface area contributed by atoms with Gasteiger partial charge in [0, 0.05) is 22.3 Å². The Hall–Kier alpha value is -12.8. The van der Waals surface area contributed by atoms with Crippen molar-refractivity contribution in [3.63, 3.8) is 0 Å². The van der Waals surface area contributed by atoms with Gasteiger partial charge in [0.15, 0.2) is 0 Å². The molecule has 0 fully saturated rings. The molecule has 18 aromatic rings. The van der Waals surface area contributed by atoms with Gasteiger partial charge in [0.05, 0.1) is 33.4 Å². The number of para-hydroxylation sites is 6. The van der Waals surface area contributed by atoms with Crippen molar-refractivity contribution in [2.24, 2.45) is 0 Å². The first-order valence-corrected chi connectivity index (χ1v) is 32.9. The van der Waals surface area contributed by atoms with E-state index >= 15 is 0 Å². The standard InChI is InChI=1S/C50H34N4.C42H26/c1-3-15-37(16-4-1)41-19-7-11-23-45(41)53-47-25-13-9-21-43(47)51-49(53)39-31-27-35(28-32-39)36-29-33-40(34-30-36)50-52-44-22-10-14-26-48(44)54(50)46-24-12-8-20-42(46)38-17-5-2-6-18-38;1-2-8-28-23-31(16-15-27(28)7-1)33-20-19-32-24-30(17-18-34(32)25-33)29-9-5-10-35(26-29)36-21-22-41-38-12-4-3-11-37(38)40-14-6-13-39(36)42(40)41/h1-34H;1-26H. The third-order valence-electron chi connectivity index (χ3n) is 19.2. The number of aromatic nitrogens is 4. The van der Waals surface area contributed by atoms with Crippen LogP contribution in [-0.2, 0) is 0 Å². The van der Waals surface area contributed by atoms with E-state index in [4.69, 9.17) is 9.97 Å². The maximum Gasteiger partial charge on any atom is 0.145 e. The number of nitrogens with zero attached hydrogens (tertiary/aromatic N) is 4. The molecule has 0 N–H and O–H groups in total. The average molecular weight is 1220 g/mol. The second-order valence-electron chi connectivity index (χ2n) is 24.8. The molecule has 19 rings (SSSR count). The van der Waals surface area contributed by atoms with Crippen LogP contribution >= 0.6 is 0 Å². The van der Waals surface area contributed by atoms with Gasteiger partial charge in [0.25, 0.3) is 0 Å². The molecule has 0 unspecified atom stereocenters. The van der Waals surface area contributed by atoms with Crippen molar-refractivity contribution < 1.29 is 0 Å². The second-order valence-corrected chi connectivity index (χ2v) is 24.8. The van der Waals surface area contributed by atoms with Gasteiger partial charge in [-0.05, 0) is 171 Å². The quantitative estimate of drug-likeness (QED) is 0.137. The highest BCUT2D eigenvalue weighted by molar-refractivity contribution is 6.18. The Kier molecular flexibility index (Phi) is 13.8. The van der Waals surface area contributed by atoms with Crippen LogP contribution in [0, 0.1) is 0 Å². The van der Waals surface area contributed by atoms with E-state index in [1.807, 2.05) is 0 Å². The number of hydrogen-bond acceptors (Lipinski definition) is 2. The second kappa shape index (κ2) is 23.7. The van der Waals surface area contributed by atoms with E-state index in [9.17, 15) is 0 Å². The van der Waals surface area contributed by atoms with E-state index in [1.54, 1.807) is 0 Å². The van der Waals surface area contributed by atoms with Gasteiger partial charge < -0.3 is 0 Å². The number of fused-ring (bicyclic) bond motifs is 7. The van der Waals surface area contributed by atoms with E-state index in [0.29, 0.717) is 0 Å². The maximum absolute atomic E-state index is 5.17. The Balaban J connectivity index is 0.000000144. The highest BCUT2D eigenvalue weighted by atomic mass is 15.1. The molecule has 0 atom stereocenters. The molecule has 2 heterocycles. The highest BCUT2D eigenvalue weighted by Crippen LogP contribution is 2.50. The zero-order valence-corrected chi connectivity index (χ0v) is 52.4. The van der Waals surface area contributed by atoms with Crippen molar-refractivity contribution in [2.75, 3.05) is 0 Å². The first kappa shape index (κ1) is 56.0. The SMILES string of the molecule is c1cc(-c2ccc3cc(-c4ccc5ccccc5c4)ccc3c2)cc(-c2ccc3c4c(cccc24)-c2ccccc2-3)c1.c1ccc(-c2ccccc2-n2c(-c3ccc(-c4ccc(-c5nc6ccccc6n5-c5ccccc5-c5ccccc5)cc4)cc3)nc3ccccc32)cc1. The van der Waals surface area contributed by atoms with Gasteiger partial charge in [0.1, 0.15) is 11.6 Å². The minimum atomic E-state index is 0.913. The Labute approximate surface area is 557 Å². The van der Waals surface area contributed by atoms with E-state index in [2.05, 4.69) is 373 Å². The number of benzene rings is 16. The van der Waals surface area contributed by atoms with Crippen LogP contribution in [0.25, 0.3) is 178 Å². The van der Waals surface area contributed by atoms with E-state index in [0.717, 1.165) is 78.5 Å². The van der Waals surface area contributed by atoms with Gasteiger partial charge in [-0.2, -0.15) is 0 Å². The van der Waals surface area contributed by atoms with Crippen molar-refractivity contribution >= 4 is 54.4 Å². The molecule has 448 valence electrons. The first-order chi connectivity index (χ1) is 47.6. The fourth-order valence-corrected chi connectivity index (χ4v) is 14.5. The number of imidazole rings is 2. The van der Waals surface area contributed by atoms with Crippen LogP contribution in [0.15, 0.2) is 364 Å². The van der Waals surface area contributed by atoms with Gasteiger partial charge >= 0.3 is 0 Å². The topological polar surface area (TPSA) is 35.6 Å². The summed E-state index contributed by atoms with van der Waals surface area (Å²) < 4.78 is 4.59. The molecule has 0 saturated carbocycles. The summed E-state index contributed by atoms with van der Waals surface area (Å²) in [5.74, 6) is 1.83. The minimum Gasteiger partial charge on any atom is -0.292 e. The van der Waals surface area contributed by atoms with Crippen LogP contribution in [0.2, 0.25) is 0 Å². The fourth-order valence-electron chi connectivity index (χ4n) is 14.5. The molecule has 96 heavy (non-hydrogen) atoms. The Morgan fingerprint density at radius 3 is 1.08 bits per heavy atom. The van der Waals surface area contributed by atoms with Gasteiger partial charge in [0.2, 0.25) is 0 Å². The molecule has 4 nitrogen and oxygen atoms in total. The Bertz CT molecular complexity index is 5770. The summed E-state index contributed by atoms with van der Waals surface area (Å²) in [7, 11) is 0. The molecule has 1 aliphatic carbocycles. The Morgan fingerprint density at radius 2 is 0.542 bits per heavy atom. The molecule has 16 aromatic carbocycles. The third kappa shape index (κ3) is 9.95.